The second-order valence-electron chi connectivity index (χ2n) is 4.34. The Labute approximate surface area is 96.3 Å². The minimum absolute atomic E-state index is 1.02. The van der Waals surface area contributed by atoms with E-state index in [1.807, 2.05) is 0 Å². The molecule has 3 rings (SSSR count). The fourth-order valence-electron chi connectivity index (χ4n) is 2.57. The summed E-state index contributed by atoms with van der Waals surface area (Å²) >= 11 is 0. The monoisotopic (exact) mass is 206 g/mol. The van der Waals surface area contributed by atoms with Gasteiger partial charge in [-0.3, -0.25) is 0 Å². The number of hydrogen-bond acceptors (Lipinski definition) is 0. The lowest BCUT2D eigenvalue weighted by Gasteiger charge is -2.05. The SMILES string of the molecule is C=C1C2=C(C=CCC=C2C)c2ccccc21. The van der Waals surface area contributed by atoms with Crippen molar-refractivity contribution in [3.8, 4) is 0 Å². The molecule has 0 amide bonds. The fraction of sp³-hybridized carbons (Fsp3) is 0.125. The highest BCUT2D eigenvalue weighted by Crippen LogP contribution is 2.44. The van der Waals surface area contributed by atoms with Crippen LogP contribution in [0.25, 0.3) is 11.1 Å². The minimum Gasteiger partial charge on any atom is -0.0905 e. The molecule has 0 N–H and O–H groups in total. The van der Waals surface area contributed by atoms with Crippen molar-refractivity contribution in [2.45, 2.75) is 13.3 Å². The molecule has 0 radical (unpaired) electrons. The number of rotatable bonds is 0. The largest absolute Gasteiger partial charge is 0.0905 e. The van der Waals surface area contributed by atoms with Crippen LogP contribution in [0.4, 0.5) is 0 Å². The summed E-state index contributed by atoms with van der Waals surface area (Å²) in [5.74, 6) is 0. The van der Waals surface area contributed by atoms with Gasteiger partial charge in [0.15, 0.2) is 0 Å². The smallest absolute Gasteiger partial charge is 0.00788 e. The summed E-state index contributed by atoms with van der Waals surface area (Å²) in [6, 6.07) is 8.53. The highest BCUT2D eigenvalue weighted by atomic mass is 14.3. The number of fused-ring (bicyclic) bond motifs is 2. The summed E-state index contributed by atoms with van der Waals surface area (Å²) in [4.78, 5) is 0. The first kappa shape index (κ1) is 9.41. The molecule has 2 aliphatic carbocycles. The molecule has 0 nitrogen and oxygen atoms in total. The average Bonchev–Trinajstić information content (AvgIpc) is 2.46. The van der Waals surface area contributed by atoms with E-state index in [1.54, 1.807) is 0 Å². The van der Waals surface area contributed by atoms with Gasteiger partial charge in [0.1, 0.15) is 0 Å². The number of allylic oxidation sites excluding steroid dienone is 7. The molecule has 0 atom stereocenters. The van der Waals surface area contributed by atoms with Crippen molar-refractivity contribution < 1.29 is 0 Å². The van der Waals surface area contributed by atoms with E-state index in [0.717, 1.165) is 6.42 Å². The lowest BCUT2D eigenvalue weighted by Crippen LogP contribution is -1.84. The summed E-state index contributed by atoms with van der Waals surface area (Å²) in [6.45, 7) is 6.42. The Morgan fingerprint density at radius 2 is 1.88 bits per heavy atom. The molecule has 0 aromatic heterocycles. The summed E-state index contributed by atoms with van der Waals surface area (Å²) in [7, 11) is 0. The van der Waals surface area contributed by atoms with Crippen molar-refractivity contribution in [1.82, 2.24) is 0 Å². The second kappa shape index (κ2) is 3.34. The van der Waals surface area contributed by atoms with Crippen molar-refractivity contribution in [2.75, 3.05) is 0 Å². The zero-order valence-corrected chi connectivity index (χ0v) is 9.46. The molecular weight excluding hydrogens is 192 g/mol. The molecule has 0 heteroatoms. The van der Waals surface area contributed by atoms with Crippen LogP contribution in [-0.2, 0) is 0 Å². The molecule has 0 heterocycles. The molecule has 1 aromatic rings. The third-order valence-electron chi connectivity index (χ3n) is 3.35. The van der Waals surface area contributed by atoms with E-state index in [9.17, 15) is 0 Å². The van der Waals surface area contributed by atoms with Crippen LogP contribution >= 0.6 is 0 Å². The Bertz CT molecular complexity index is 565. The van der Waals surface area contributed by atoms with Crippen LogP contribution in [0.1, 0.15) is 24.5 Å². The Balaban J connectivity index is 2.31. The van der Waals surface area contributed by atoms with Crippen LogP contribution in [0.5, 0.6) is 0 Å². The predicted octanol–water partition coefficient (Wildman–Crippen LogP) is 4.37. The van der Waals surface area contributed by atoms with Crippen LogP contribution in [-0.4, -0.2) is 0 Å². The van der Waals surface area contributed by atoms with Crippen LogP contribution in [0.3, 0.4) is 0 Å². The first-order chi connectivity index (χ1) is 7.79. The maximum absolute atomic E-state index is 4.24. The van der Waals surface area contributed by atoms with Crippen molar-refractivity contribution in [3.05, 3.63) is 71.3 Å². The van der Waals surface area contributed by atoms with Gasteiger partial charge in [-0.05, 0) is 46.8 Å². The van der Waals surface area contributed by atoms with E-state index in [4.69, 9.17) is 0 Å². The molecule has 0 fully saturated rings. The maximum atomic E-state index is 4.24. The van der Waals surface area contributed by atoms with E-state index in [1.165, 1.54) is 33.4 Å². The van der Waals surface area contributed by atoms with Crippen LogP contribution in [0, 0.1) is 0 Å². The third-order valence-corrected chi connectivity index (χ3v) is 3.35. The molecule has 1 aromatic carbocycles. The molecule has 0 spiro atoms. The Kier molecular flexibility index (Phi) is 1.97. The van der Waals surface area contributed by atoms with Crippen LogP contribution < -0.4 is 0 Å². The molecular formula is C16H14. The van der Waals surface area contributed by atoms with Crippen molar-refractivity contribution in [2.24, 2.45) is 0 Å². The van der Waals surface area contributed by atoms with E-state index in [2.05, 4.69) is 56.0 Å². The molecule has 0 unspecified atom stereocenters. The fourth-order valence-corrected chi connectivity index (χ4v) is 2.57. The second-order valence-corrected chi connectivity index (χ2v) is 4.34. The van der Waals surface area contributed by atoms with Gasteiger partial charge < -0.3 is 0 Å². The highest BCUT2D eigenvalue weighted by molar-refractivity contribution is 6.05. The van der Waals surface area contributed by atoms with Gasteiger partial charge in [0, 0.05) is 0 Å². The van der Waals surface area contributed by atoms with E-state index in [-0.39, 0.29) is 0 Å². The maximum Gasteiger partial charge on any atom is -0.00788 e. The molecule has 0 aliphatic heterocycles. The van der Waals surface area contributed by atoms with Crippen molar-refractivity contribution in [1.29, 1.82) is 0 Å². The average molecular weight is 206 g/mol. The number of hydrogen-bond donors (Lipinski definition) is 0. The normalized spacial score (nSPS) is 18.1. The zero-order chi connectivity index (χ0) is 11.1. The number of benzene rings is 1. The molecule has 0 saturated heterocycles. The third kappa shape index (κ3) is 1.16. The van der Waals surface area contributed by atoms with Gasteiger partial charge in [-0.2, -0.15) is 0 Å². The topological polar surface area (TPSA) is 0 Å². The van der Waals surface area contributed by atoms with Crippen molar-refractivity contribution in [3.63, 3.8) is 0 Å². The van der Waals surface area contributed by atoms with Gasteiger partial charge in [0.25, 0.3) is 0 Å². The zero-order valence-electron chi connectivity index (χ0n) is 9.46. The van der Waals surface area contributed by atoms with Gasteiger partial charge in [-0.25, -0.2) is 0 Å². The molecule has 2 aliphatic rings. The molecule has 0 saturated carbocycles. The lowest BCUT2D eigenvalue weighted by atomic mass is 9.99. The molecule has 0 bridgehead atoms. The van der Waals surface area contributed by atoms with Gasteiger partial charge in [0.05, 0.1) is 0 Å². The quantitative estimate of drug-likeness (QED) is 0.591. The standard InChI is InChI=1S/C16H14/c1-11-7-3-4-10-15-14-9-6-5-8-13(14)12(2)16(11)15/h4-10H,2-3H2,1H3. The summed E-state index contributed by atoms with van der Waals surface area (Å²) < 4.78 is 0. The summed E-state index contributed by atoms with van der Waals surface area (Å²) in [6.07, 6.45) is 7.75. The first-order valence-electron chi connectivity index (χ1n) is 5.66. The Hall–Kier alpha value is -1.82. The minimum atomic E-state index is 1.02. The molecule has 16 heavy (non-hydrogen) atoms. The van der Waals surface area contributed by atoms with Crippen LogP contribution in [0.15, 0.2) is 60.2 Å². The highest BCUT2D eigenvalue weighted by Gasteiger charge is 2.24. The van der Waals surface area contributed by atoms with Gasteiger partial charge >= 0.3 is 0 Å². The molecule has 78 valence electrons. The predicted molar refractivity (Wildman–Crippen MR) is 69.9 cm³/mol. The van der Waals surface area contributed by atoms with Crippen LogP contribution in [0.2, 0.25) is 0 Å². The Morgan fingerprint density at radius 3 is 2.69 bits per heavy atom. The lowest BCUT2D eigenvalue weighted by molar-refractivity contribution is 1.33. The van der Waals surface area contributed by atoms with E-state index < -0.39 is 0 Å². The van der Waals surface area contributed by atoms with Crippen molar-refractivity contribution >= 4 is 11.1 Å². The van der Waals surface area contributed by atoms with E-state index >= 15 is 0 Å². The van der Waals surface area contributed by atoms with Gasteiger partial charge in [-0.1, -0.05) is 49.1 Å². The van der Waals surface area contributed by atoms with Gasteiger partial charge in [-0.15, -0.1) is 0 Å². The van der Waals surface area contributed by atoms with E-state index in [0.29, 0.717) is 0 Å². The first-order valence-corrected chi connectivity index (χ1v) is 5.66. The Morgan fingerprint density at radius 1 is 1.12 bits per heavy atom. The van der Waals surface area contributed by atoms with Gasteiger partial charge in [0.2, 0.25) is 0 Å². The summed E-state index contributed by atoms with van der Waals surface area (Å²) in [5, 5.41) is 0. The summed E-state index contributed by atoms with van der Waals surface area (Å²) in [5.41, 5.74) is 7.80.